The highest BCUT2D eigenvalue weighted by atomic mass is 16.5. The zero-order valence-electron chi connectivity index (χ0n) is 14.0. The van der Waals surface area contributed by atoms with Gasteiger partial charge < -0.3 is 9.15 Å². The summed E-state index contributed by atoms with van der Waals surface area (Å²) in [6, 6.07) is 18.0. The number of rotatable bonds is 1. The van der Waals surface area contributed by atoms with Gasteiger partial charge in [0.15, 0.2) is 0 Å². The van der Waals surface area contributed by atoms with Crippen LogP contribution in [0, 0.1) is 5.92 Å². The monoisotopic (exact) mass is 332 g/mol. The highest BCUT2D eigenvalue weighted by Crippen LogP contribution is 2.49. The van der Waals surface area contributed by atoms with Crippen LogP contribution < -0.4 is 10.4 Å². The van der Waals surface area contributed by atoms with Crippen LogP contribution in [0.3, 0.4) is 0 Å². The molecule has 1 fully saturated rings. The SMILES string of the molecule is O=c1oc2ccccc2c2c1[C@H](c1ccccc1)C1CCCC[C@@H]1O2. The van der Waals surface area contributed by atoms with Gasteiger partial charge in [-0.05, 0) is 37.0 Å². The maximum Gasteiger partial charge on any atom is 0.343 e. The summed E-state index contributed by atoms with van der Waals surface area (Å²) in [6.07, 6.45) is 4.72. The molecular weight excluding hydrogens is 312 g/mol. The van der Waals surface area contributed by atoms with Crippen molar-refractivity contribution in [2.75, 3.05) is 0 Å². The maximum absolute atomic E-state index is 12.9. The van der Waals surface area contributed by atoms with E-state index in [4.69, 9.17) is 9.15 Å². The highest BCUT2D eigenvalue weighted by molar-refractivity contribution is 5.85. The largest absolute Gasteiger partial charge is 0.489 e. The Balaban J connectivity index is 1.81. The van der Waals surface area contributed by atoms with Crippen LogP contribution in [0.1, 0.15) is 42.7 Å². The number of ether oxygens (including phenoxy) is 1. The second-order valence-electron chi connectivity index (χ2n) is 7.12. The topological polar surface area (TPSA) is 39.4 Å². The molecule has 3 heteroatoms. The molecule has 126 valence electrons. The lowest BCUT2D eigenvalue weighted by Crippen LogP contribution is -2.41. The summed E-state index contributed by atoms with van der Waals surface area (Å²) >= 11 is 0. The normalized spacial score (nSPS) is 25.0. The Morgan fingerprint density at radius 1 is 0.880 bits per heavy atom. The molecule has 5 rings (SSSR count). The summed E-state index contributed by atoms with van der Waals surface area (Å²) < 4.78 is 12.1. The third-order valence-corrected chi connectivity index (χ3v) is 5.72. The molecule has 0 radical (unpaired) electrons. The van der Waals surface area contributed by atoms with Crippen LogP contribution in [0.2, 0.25) is 0 Å². The summed E-state index contributed by atoms with van der Waals surface area (Å²) in [7, 11) is 0. The first-order valence-corrected chi connectivity index (χ1v) is 9.10. The van der Waals surface area contributed by atoms with Gasteiger partial charge in [0.25, 0.3) is 0 Å². The molecule has 2 aliphatic rings. The van der Waals surface area contributed by atoms with Crippen LogP contribution >= 0.6 is 0 Å². The quantitative estimate of drug-likeness (QED) is 0.596. The lowest BCUT2D eigenvalue weighted by atomic mass is 9.70. The molecule has 0 saturated heterocycles. The van der Waals surface area contributed by atoms with E-state index in [1.807, 2.05) is 42.5 Å². The fourth-order valence-electron chi connectivity index (χ4n) is 4.62. The Hall–Kier alpha value is -2.55. The number of hydrogen-bond acceptors (Lipinski definition) is 3. The van der Waals surface area contributed by atoms with Gasteiger partial charge in [0.2, 0.25) is 0 Å². The van der Waals surface area contributed by atoms with Crippen LogP contribution in [0.4, 0.5) is 0 Å². The molecule has 3 aromatic rings. The molecule has 0 amide bonds. The molecule has 2 aromatic carbocycles. The van der Waals surface area contributed by atoms with Crippen molar-refractivity contribution in [2.45, 2.75) is 37.7 Å². The second kappa shape index (κ2) is 5.76. The van der Waals surface area contributed by atoms with Crippen molar-refractivity contribution in [1.82, 2.24) is 0 Å². The number of para-hydroxylation sites is 1. The van der Waals surface area contributed by atoms with Gasteiger partial charge in [-0.25, -0.2) is 4.79 Å². The Bertz CT molecular complexity index is 973. The number of fused-ring (bicyclic) bond motifs is 4. The minimum atomic E-state index is -0.258. The van der Waals surface area contributed by atoms with E-state index < -0.39 is 0 Å². The van der Waals surface area contributed by atoms with Crippen LogP contribution in [0.25, 0.3) is 11.0 Å². The lowest BCUT2D eigenvalue weighted by molar-refractivity contribution is 0.0636. The third-order valence-electron chi connectivity index (χ3n) is 5.72. The second-order valence-corrected chi connectivity index (χ2v) is 7.12. The van der Waals surface area contributed by atoms with Gasteiger partial charge in [-0.15, -0.1) is 0 Å². The van der Waals surface area contributed by atoms with Crippen LogP contribution in [0.15, 0.2) is 63.8 Å². The van der Waals surface area contributed by atoms with Crippen molar-refractivity contribution in [3.63, 3.8) is 0 Å². The zero-order valence-corrected chi connectivity index (χ0v) is 14.0. The van der Waals surface area contributed by atoms with Crippen molar-refractivity contribution in [2.24, 2.45) is 5.92 Å². The summed E-state index contributed by atoms with van der Waals surface area (Å²) in [5, 5.41) is 0.905. The average Bonchev–Trinajstić information content (AvgIpc) is 2.67. The van der Waals surface area contributed by atoms with Gasteiger partial charge in [-0.3, -0.25) is 0 Å². The van der Waals surface area contributed by atoms with Crippen molar-refractivity contribution in [3.05, 3.63) is 76.1 Å². The first kappa shape index (κ1) is 14.8. The van der Waals surface area contributed by atoms with E-state index in [-0.39, 0.29) is 17.6 Å². The Labute approximate surface area is 146 Å². The summed E-state index contributed by atoms with van der Waals surface area (Å²) in [6.45, 7) is 0. The van der Waals surface area contributed by atoms with E-state index in [9.17, 15) is 4.79 Å². The predicted octanol–water partition coefficient (Wildman–Crippen LogP) is 4.88. The molecule has 1 aromatic heterocycles. The highest BCUT2D eigenvalue weighted by Gasteiger charge is 2.43. The zero-order chi connectivity index (χ0) is 16.8. The van der Waals surface area contributed by atoms with E-state index in [1.54, 1.807) is 0 Å². The lowest BCUT2D eigenvalue weighted by Gasteiger charge is -2.42. The standard InChI is InChI=1S/C22H20O3/c23-22-20-19(14-8-2-1-3-9-14)15-10-4-6-12-17(15)24-21(20)16-11-5-7-13-18(16)25-22/h1-3,5,7-9,11,13,15,17,19H,4,6,10,12H2/t15?,17-,19+/m0/s1. The van der Waals surface area contributed by atoms with Gasteiger partial charge in [0.1, 0.15) is 17.4 Å². The van der Waals surface area contributed by atoms with E-state index >= 15 is 0 Å². The molecule has 3 nitrogen and oxygen atoms in total. The van der Waals surface area contributed by atoms with Crippen molar-refractivity contribution in [1.29, 1.82) is 0 Å². The summed E-state index contributed by atoms with van der Waals surface area (Å²) in [4.78, 5) is 12.9. The molecule has 1 unspecified atom stereocenters. The van der Waals surface area contributed by atoms with Gasteiger partial charge in [-0.1, -0.05) is 48.9 Å². The maximum atomic E-state index is 12.9. The van der Waals surface area contributed by atoms with Gasteiger partial charge in [0.05, 0.1) is 10.9 Å². The molecule has 2 heterocycles. The molecule has 0 bridgehead atoms. The molecule has 1 aliphatic heterocycles. The van der Waals surface area contributed by atoms with Crippen LogP contribution in [-0.2, 0) is 0 Å². The Kier molecular flexibility index (Phi) is 3.40. The molecule has 0 spiro atoms. The fourth-order valence-corrected chi connectivity index (χ4v) is 4.62. The summed E-state index contributed by atoms with van der Waals surface area (Å²) in [5.74, 6) is 1.13. The van der Waals surface area contributed by atoms with E-state index in [0.717, 1.165) is 24.0 Å². The number of hydrogen-bond donors (Lipinski definition) is 0. The first-order chi connectivity index (χ1) is 12.3. The van der Waals surface area contributed by atoms with Gasteiger partial charge >= 0.3 is 5.63 Å². The third kappa shape index (κ3) is 2.30. The summed E-state index contributed by atoms with van der Waals surface area (Å²) in [5.41, 5.74) is 2.23. The van der Waals surface area contributed by atoms with Crippen molar-refractivity contribution < 1.29 is 9.15 Å². The smallest absolute Gasteiger partial charge is 0.343 e. The minimum absolute atomic E-state index is 0.0520. The molecule has 1 aliphatic carbocycles. The molecule has 0 N–H and O–H groups in total. The van der Waals surface area contributed by atoms with E-state index in [1.165, 1.54) is 18.4 Å². The van der Waals surface area contributed by atoms with Gasteiger partial charge in [-0.2, -0.15) is 0 Å². The fraction of sp³-hybridized carbons (Fsp3) is 0.318. The van der Waals surface area contributed by atoms with Crippen LogP contribution in [-0.4, -0.2) is 6.10 Å². The van der Waals surface area contributed by atoms with E-state index in [2.05, 4.69) is 12.1 Å². The average molecular weight is 332 g/mol. The first-order valence-electron chi connectivity index (χ1n) is 9.10. The number of benzene rings is 2. The van der Waals surface area contributed by atoms with Crippen molar-refractivity contribution in [3.8, 4) is 5.75 Å². The minimum Gasteiger partial charge on any atom is -0.489 e. The molecule has 3 atom stereocenters. The van der Waals surface area contributed by atoms with Crippen LogP contribution in [0.5, 0.6) is 5.75 Å². The van der Waals surface area contributed by atoms with Gasteiger partial charge in [0, 0.05) is 11.8 Å². The molecule has 1 saturated carbocycles. The molecular formula is C22H20O3. The van der Waals surface area contributed by atoms with Crippen molar-refractivity contribution >= 4 is 11.0 Å². The van der Waals surface area contributed by atoms with E-state index in [0.29, 0.717) is 17.1 Å². The Morgan fingerprint density at radius 3 is 2.52 bits per heavy atom. The predicted molar refractivity (Wildman–Crippen MR) is 97.1 cm³/mol. The Morgan fingerprint density at radius 2 is 1.64 bits per heavy atom. The molecule has 25 heavy (non-hydrogen) atoms.